The summed E-state index contributed by atoms with van der Waals surface area (Å²) in [5.41, 5.74) is 2.82. The van der Waals surface area contributed by atoms with E-state index in [1.807, 2.05) is 114 Å². The van der Waals surface area contributed by atoms with Crippen molar-refractivity contribution in [1.29, 1.82) is 0 Å². The summed E-state index contributed by atoms with van der Waals surface area (Å²) in [6.07, 6.45) is -9.39. The van der Waals surface area contributed by atoms with E-state index >= 15 is 0 Å². The first kappa shape index (κ1) is 39.2. The number of fused-ring (bicyclic) bond motifs is 7. The molecule has 3 aromatic heterocycles. The number of hydrogen-bond donors (Lipinski definition) is 0. The number of para-hydroxylation sites is 1. The van der Waals surface area contributed by atoms with Crippen molar-refractivity contribution in [2.45, 2.75) is 12.4 Å². The summed E-state index contributed by atoms with van der Waals surface area (Å²) in [5, 5.41) is 3.92. The summed E-state index contributed by atoms with van der Waals surface area (Å²) >= 11 is 1.64. The van der Waals surface area contributed by atoms with Crippen molar-refractivity contribution >= 4 is 53.3 Å². The van der Waals surface area contributed by atoms with Gasteiger partial charge in [-0.25, -0.2) is 15.0 Å². The Morgan fingerprint density at radius 3 is 1.44 bits per heavy atom. The first-order valence-corrected chi connectivity index (χ1v) is 21.1. The van der Waals surface area contributed by atoms with E-state index in [2.05, 4.69) is 12.1 Å². The maximum absolute atomic E-state index is 14.6. The minimum atomic E-state index is -4.69. The predicted molar refractivity (Wildman–Crippen MR) is 244 cm³/mol. The third kappa shape index (κ3) is 6.76. The van der Waals surface area contributed by atoms with Crippen LogP contribution in [0.3, 0.4) is 0 Å². The van der Waals surface area contributed by atoms with E-state index in [9.17, 15) is 26.3 Å². The highest BCUT2D eigenvalue weighted by Gasteiger charge is 2.33. The second-order valence-electron chi connectivity index (χ2n) is 15.4. The van der Waals surface area contributed by atoms with Crippen molar-refractivity contribution in [2.75, 3.05) is 0 Å². The molecule has 310 valence electrons. The van der Waals surface area contributed by atoms with Crippen LogP contribution in [0.2, 0.25) is 0 Å². The van der Waals surface area contributed by atoms with Gasteiger partial charge < -0.3 is 4.57 Å². The number of halogens is 6. The average molecular weight is 869 g/mol. The van der Waals surface area contributed by atoms with Gasteiger partial charge in [0.15, 0.2) is 17.5 Å². The molecule has 0 aliphatic carbocycles. The molecule has 0 radical (unpaired) electrons. The molecule has 0 aliphatic rings. The summed E-state index contributed by atoms with van der Waals surface area (Å²) in [6.45, 7) is 0. The Hall–Kier alpha value is -7.63. The number of benzene rings is 8. The van der Waals surface area contributed by atoms with Crippen LogP contribution in [0, 0.1) is 0 Å². The number of alkyl halides is 6. The lowest BCUT2D eigenvalue weighted by atomic mass is 9.91. The number of nitrogens with zero attached hydrogens (tertiary/aromatic N) is 4. The molecule has 0 spiro atoms. The van der Waals surface area contributed by atoms with Crippen molar-refractivity contribution in [3.63, 3.8) is 0 Å². The Kier molecular flexibility index (Phi) is 9.21. The molecule has 0 unspecified atom stereocenters. The lowest BCUT2D eigenvalue weighted by Crippen LogP contribution is -2.07. The van der Waals surface area contributed by atoms with E-state index in [1.165, 1.54) is 12.1 Å². The molecule has 11 aromatic rings. The van der Waals surface area contributed by atoms with Gasteiger partial charge in [0.1, 0.15) is 0 Å². The van der Waals surface area contributed by atoms with Crippen LogP contribution >= 0.6 is 11.3 Å². The molecular formula is C53H30F6N4S. The molecule has 4 nitrogen and oxygen atoms in total. The number of rotatable bonds is 6. The Balaban J connectivity index is 1.30. The molecule has 8 aromatic carbocycles. The lowest BCUT2D eigenvalue weighted by molar-refractivity contribution is -0.138. The molecule has 0 bridgehead atoms. The fourth-order valence-electron chi connectivity index (χ4n) is 8.58. The summed E-state index contributed by atoms with van der Waals surface area (Å²) in [6, 6.07) is 51.9. The topological polar surface area (TPSA) is 43.6 Å². The molecule has 0 saturated heterocycles. The van der Waals surface area contributed by atoms with Gasteiger partial charge in [-0.05, 0) is 65.7 Å². The molecule has 0 amide bonds. The Labute approximate surface area is 365 Å². The summed E-state index contributed by atoms with van der Waals surface area (Å²) in [4.78, 5) is 14.7. The van der Waals surface area contributed by atoms with Crippen molar-refractivity contribution in [3.8, 4) is 62.1 Å². The SMILES string of the molecule is FC(F)(F)c1cccc(-c2cc(-c3nc(-c4ccccc4)nc(-c4ccccc4)n3)cc(-c3cccc(C(F)(F)F)c3)c2-n2c3ccccc3c3c4sc5ccccc5c4ccc32)c1. The highest BCUT2D eigenvalue weighted by atomic mass is 32.1. The standard InChI is InChI=1S/C53H30F6N4S/c54-52(55,56)36-19-11-17-33(27-36)41-29-35(51-61-49(31-13-3-1-4-14-31)60-50(62-51)32-15-5-2-6-16-32)30-42(34-18-12-20-37(28-34)53(57,58)59)47(41)63-43-23-9-7-22-40(43)46-44(63)26-25-39-38-21-8-10-24-45(38)64-48(39)46/h1-30H. The monoisotopic (exact) mass is 868 g/mol. The van der Waals surface area contributed by atoms with Gasteiger partial charge in [0.2, 0.25) is 0 Å². The molecule has 3 heterocycles. The molecule has 0 saturated carbocycles. The van der Waals surface area contributed by atoms with Crippen LogP contribution in [0.15, 0.2) is 182 Å². The van der Waals surface area contributed by atoms with E-state index in [4.69, 9.17) is 15.0 Å². The molecule has 11 heteroatoms. The number of thiophene rings is 1. The summed E-state index contributed by atoms with van der Waals surface area (Å²) in [5.74, 6) is 0.851. The van der Waals surface area contributed by atoms with E-state index in [1.54, 1.807) is 35.6 Å². The zero-order valence-electron chi connectivity index (χ0n) is 33.3. The van der Waals surface area contributed by atoms with Gasteiger partial charge in [-0.1, -0.05) is 127 Å². The van der Waals surface area contributed by atoms with Crippen molar-refractivity contribution in [2.24, 2.45) is 0 Å². The van der Waals surface area contributed by atoms with Gasteiger partial charge in [0.05, 0.1) is 27.8 Å². The van der Waals surface area contributed by atoms with Crippen LogP contribution in [0.4, 0.5) is 26.3 Å². The fourth-order valence-corrected chi connectivity index (χ4v) is 9.84. The quantitative estimate of drug-likeness (QED) is 0.156. The Morgan fingerprint density at radius 2 is 0.875 bits per heavy atom. The average Bonchev–Trinajstić information content (AvgIpc) is 3.87. The Morgan fingerprint density at radius 1 is 0.391 bits per heavy atom. The highest BCUT2D eigenvalue weighted by molar-refractivity contribution is 7.26. The smallest absolute Gasteiger partial charge is 0.308 e. The molecule has 0 fully saturated rings. The van der Waals surface area contributed by atoms with E-state index < -0.39 is 23.5 Å². The number of aromatic nitrogens is 4. The van der Waals surface area contributed by atoms with Crippen LogP contribution in [-0.2, 0) is 12.4 Å². The second kappa shape index (κ2) is 15.0. The zero-order valence-corrected chi connectivity index (χ0v) is 34.1. The molecule has 11 rings (SSSR count). The van der Waals surface area contributed by atoms with E-state index in [0.29, 0.717) is 45.2 Å². The van der Waals surface area contributed by atoms with Gasteiger partial charge in [-0.15, -0.1) is 11.3 Å². The van der Waals surface area contributed by atoms with Gasteiger partial charge in [0, 0.05) is 58.8 Å². The van der Waals surface area contributed by atoms with E-state index in [0.717, 1.165) is 66.2 Å². The minimum absolute atomic E-state index is 0.176. The lowest BCUT2D eigenvalue weighted by Gasteiger charge is -2.22. The van der Waals surface area contributed by atoms with Crippen LogP contribution in [0.5, 0.6) is 0 Å². The molecule has 64 heavy (non-hydrogen) atoms. The second-order valence-corrected chi connectivity index (χ2v) is 16.5. The third-order valence-corrected chi connectivity index (χ3v) is 12.7. The first-order valence-electron chi connectivity index (χ1n) is 20.2. The summed E-state index contributed by atoms with van der Waals surface area (Å²) in [7, 11) is 0. The minimum Gasteiger partial charge on any atom is -0.308 e. The van der Waals surface area contributed by atoms with Crippen LogP contribution in [0.1, 0.15) is 11.1 Å². The fraction of sp³-hybridized carbons (Fsp3) is 0.0377. The van der Waals surface area contributed by atoms with Gasteiger partial charge in [-0.2, -0.15) is 26.3 Å². The van der Waals surface area contributed by atoms with Gasteiger partial charge in [0.25, 0.3) is 0 Å². The van der Waals surface area contributed by atoms with Crippen molar-refractivity contribution in [1.82, 2.24) is 19.5 Å². The predicted octanol–water partition coefficient (Wildman–Crippen LogP) is 15.7. The van der Waals surface area contributed by atoms with Gasteiger partial charge >= 0.3 is 12.4 Å². The molecule has 0 aliphatic heterocycles. The normalized spacial score (nSPS) is 12.2. The van der Waals surface area contributed by atoms with Crippen LogP contribution in [0.25, 0.3) is 104 Å². The summed E-state index contributed by atoms with van der Waals surface area (Å²) < 4.78 is 91.8. The zero-order chi connectivity index (χ0) is 43.7. The van der Waals surface area contributed by atoms with Gasteiger partial charge in [-0.3, -0.25) is 0 Å². The van der Waals surface area contributed by atoms with Crippen LogP contribution in [-0.4, -0.2) is 19.5 Å². The first-order chi connectivity index (χ1) is 31.0. The molecule has 0 atom stereocenters. The molecular weight excluding hydrogens is 839 g/mol. The van der Waals surface area contributed by atoms with E-state index in [-0.39, 0.29) is 17.0 Å². The highest BCUT2D eigenvalue weighted by Crippen LogP contribution is 2.48. The maximum Gasteiger partial charge on any atom is 0.416 e. The Bertz CT molecular complexity index is 3460. The maximum atomic E-state index is 14.6. The largest absolute Gasteiger partial charge is 0.416 e. The third-order valence-electron chi connectivity index (χ3n) is 11.5. The van der Waals surface area contributed by atoms with Crippen molar-refractivity contribution in [3.05, 3.63) is 193 Å². The van der Waals surface area contributed by atoms with Crippen molar-refractivity contribution < 1.29 is 26.3 Å². The molecule has 0 N–H and O–H groups in total. The number of hydrogen-bond acceptors (Lipinski definition) is 4. The van der Waals surface area contributed by atoms with Crippen LogP contribution < -0.4 is 0 Å².